The summed E-state index contributed by atoms with van der Waals surface area (Å²) < 4.78 is 6.47. The number of aromatic hydroxyl groups is 2. The van der Waals surface area contributed by atoms with Gasteiger partial charge in [-0.2, -0.15) is 0 Å². The summed E-state index contributed by atoms with van der Waals surface area (Å²) in [7, 11) is 0. The number of rotatable bonds is 1. The van der Waals surface area contributed by atoms with Gasteiger partial charge in [-0.05, 0) is 52.9 Å². The Morgan fingerprint density at radius 3 is 2.44 bits per heavy atom. The molecule has 3 aromatic rings. The number of fused-ring (bicyclic) bond motifs is 1. The van der Waals surface area contributed by atoms with Crippen LogP contribution in [0.2, 0.25) is 0 Å². The molecule has 0 bridgehead atoms. The molecule has 4 nitrogen and oxygen atoms in total. The maximum atomic E-state index is 9.51. The molecule has 1 heterocycles. The van der Waals surface area contributed by atoms with Crippen LogP contribution in [0.5, 0.6) is 11.5 Å². The van der Waals surface area contributed by atoms with Crippen molar-refractivity contribution < 1.29 is 14.6 Å². The highest BCUT2D eigenvalue weighted by atomic mass is 127. The van der Waals surface area contributed by atoms with Crippen LogP contribution >= 0.6 is 22.6 Å². The first-order chi connectivity index (χ1) is 8.63. The van der Waals surface area contributed by atoms with Crippen LogP contribution in [0.4, 0.5) is 0 Å². The molecule has 0 aliphatic heterocycles. The van der Waals surface area contributed by atoms with Gasteiger partial charge in [0.15, 0.2) is 5.58 Å². The minimum Gasteiger partial charge on any atom is -0.508 e. The van der Waals surface area contributed by atoms with Gasteiger partial charge in [-0.1, -0.05) is 0 Å². The predicted molar refractivity (Wildman–Crippen MR) is 75.5 cm³/mol. The maximum Gasteiger partial charge on any atom is 0.227 e. The number of benzene rings is 2. The summed E-state index contributed by atoms with van der Waals surface area (Å²) in [5, 5.41) is 18.7. The van der Waals surface area contributed by atoms with E-state index in [1.165, 1.54) is 0 Å². The first kappa shape index (κ1) is 11.3. The fourth-order valence-electron chi connectivity index (χ4n) is 1.71. The number of halogens is 1. The Labute approximate surface area is 116 Å². The van der Waals surface area contributed by atoms with Crippen molar-refractivity contribution in [3.63, 3.8) is 0 Å². The van der Waals surface area contributed by atoms with Gasteiger partial charge in [0.1, 0.15) is 17.0 Å². The lowest BCUT2D eigenvalue weighted by molar-refractivity contribution is 0.474. The summed E-state index contributed by atoms with van der Waals surface area (Å²) in [5.74, 6) is 0.827. The minimum absolute atomic E-state index is 0.164. The molecule has 0 saturated heterocycles. The smallest absolute Gasteiger partial charge is 0.227 e. The van der Waals surface area contributed by atoms with E-state index in [1.54, 1.807) is 36.4 Å². The lowest BCUT2D eigenvalue weighted by atomic mass is 10.2. The lowest BCUT2D eigenvalue weighted by Gasteiger charge is -1.95. The van der Waals surface area contributed by atoms with Gasteiger partial charge in [-0.25, -0.2) is 4.98 Å². The second-order valence-corrected chi connectivity index (χ2v) is 5.00. The zero-order valence-electron chi connectivity index (χ0n) is 9.09. The molecule has 2 aromatic carbocycles. The summed E-state index contributed by atoms with van der Waals surface area (Å²) in [6.45, 7) is 0. The summed E-state index contributed by atoms with van der Waals surface area (Å²) in [4.78, 5) is 4.32. The Morgan fingerprint density at radius 1 is 1.00 bits per heavy atom. The number of nitrogens with zero attached hydrogens (tertiary/aromatic N) is 1. The van der Waals surface area contributed by atoms with Crippen LogP contribution in [0, 0.1) is 3.57 Å². The lowest BCUT2D eigenvalue weighted by Crippen LogP contribution is -1.75. The molecule has 0 aliphatic rings. The molecule has 0 spiro atoms. The van der Waals surface area contributed by atoms with E-state index in [4.69, 9.17) is 4.42 Å². The molecule has 1 aromatic heterocycles. The van der Waals surface area contributed by atoms with Gasteiger partial charge in [-0.3, -0.25) is 0 Å². The molecule has 3 rings (SSSR count). The minimum atomic E-state index is 0.164. The van der Waals surface area contributed by atoms with Crippen molar-refractivity contribution in [2.75, 3.05) is 0 Å². The topological polar surface area (TPSA) is 66.5 Å². The van der Waals surface area contributed by atoms with Crippen LogP contribution < -0.4 is 0 Å². The number of oxazole rings is 1. The molecular formula is C13H8INO3. The van der Waals surface area contributed by atoms with Crippen molar-refractivity contribution in [1.29, 1.82) is 0 Å². The van der Waals surface area contributed by atoms with E-state index < -0.39 is 0 Å². The van der Waals surface area contributed by atoms with Crippen LogP contribution in [-0.2, 0) is 0 Å². The Balaban J connectivity index is 2.19. The molecule has 5 heteroatoms. The molecule has 0 radical (unpaired) electrons. The van der Waals surface area contributed by atoms with E-state index >= 15 is 0 Å². The van der Waals surface area contributed by atoms with Crippen LogP contribution in [0.25, 0.3) is 22.6 Å². The third-order valence-electron chi connectivity index (χ3n) is 2.54. The third kappa shape index (κ3) is 1.90. The van der Waals surface area contributed by atoms with Crippen molar-refractivity contribution in [3.05, 3.63) is 40.0 Å². The van der Waals surface area contributed by atoms with Gasteiger partial charge in [-0.15, -0.1) is 0 Å². The van der Waals surface area contributed by atoms with Crippen molar-refractivity contribution in [2.45, 2.75) is 0 Å². The fourth-order valence-corrected chi connectivity index (χ4v) is 2.41. The van der Waals surface area contributed by atoms with Gasteiger partial charge in [0.05, 0.1) is 3.57 Å². The first-order valence-electron chi connectivity index (χ1n) is 5.22. The first-order valence-corrected chi connectivity index (χ1v) is 6.30. The van der Waals surface area contributed by atoms with E-state index in [2.05, 4.69) is 27.6 Å². The molecular weight excluding hydrogens is 345 g/mol. The van der Waals surface area contributed by atoms with Crippen molar-refractivity contribution in [2.24, 2.45) is 0 Å². The Kier molecular flexibility index (Phi) is 2.62. The quantitative estimate of drug-likeness (QED) is 0.657. The van der Waals surface area contributed by atoms with Crippen LogP contribution in [0.15, 0.2) is 40.8 Å². The van der Waals surface area contributed by atoms with Gasteiger partial charge in [0.25, 0.3) is 0 Å². The molecule has 0 atom stereocenters. The van der Waals surface area contributed by atoms with Gasteiger partial charge in [0, 0.05) is 11.6 Å². The number of phenols is 2. The summed E-state index contributed by atoms with van der Waals surface area (Å²) in [6.07, 6.45) is 0. The Hall–Kier alpha value is -1.76. The van der Waals surface area contributed by atoms with E-state index in [0.29, 0.717) is 17.0 Å². The molecule has 0 amide bonds. The van der Waals surface area contributed by atoms with Gasteiger partial charge >= 0.3 is 0 Å². The fraction of sp³-hybridized carbons (Fsp3) is 0. The summed E-state index contributed by atoms with van der Waals surface area (Å²) in [5.41, 5.74) is 2.04. The van der Waals surface area contributed by atoms with Crippen LogP contribution in [-0.4, -0.2) is 15.2 Å². The van der Waals surface area contributed by atoms with Crippen molar-refractivity contribution in [3.8, 4) is 23.0 Å². The van der Waals surface area contributed by atoms with Crippen molar-refractivity contribution >= 4 is 33.7 Å². The second-order valence-electron chi connectivity index (χ2n) is 3.84. The summed E-state index contributed by atoms with van der Waals surface area (Å²) in [6, 6.07) is 9.79. The van der Waals surface area contributed by atoms with Crippen LogP contribution in [0.3, 0.4) is 0 Å². The van der Waals surface area contributed by atoms with E-state index in [1.807, 2.05) is 0 Å². The van der Waals surface area contributed by atoms with Gasteiger partial charge < -0.3 is 14.6 Å². The SMILES string of the molecule is Oc1ccc(-c2nc3cc(O)cc(I)c3o2)cc1. The standard InChI is InChI=1S/C13H8INO3/c14-10-5-9(17)6-11-12(10)18-13(15-11)7-1-3-8(16)4-2-7/h1-6,16-17H. The molecule has 2 N–H and O–H groups in total. The van der Waals surface area contributed by atoms with E-state index in [0.717, 1.165) is 9.13 Å². The van der Waals surface area contributed by atoms with Gasteiger partial charge in [0.2, 0.25) is 5.89 Å². The monoisotopic (exact) mass is 353 g/mol. The molecule has 0 unspecified atom stereocenters. The zero-order chi connectivity index (χ0) is 12.7. The zero-order valence-corrected chi connectivity index (χ0v) is 11.2. The number of phenolic OH excluding ortho intramolecular Hbond substituents is 2. The average Bonchev–Trinajstić information content (AvgIpc) is 2.74. The Morgan fingerprint density at radius 2 is 1.72 bits per heavy atom. The molecule has 0 aliphatic carbocycles. The third-order valence-corrected chi connectivity index (χ3v) is 3.35. The molecule has 18 heavy (non-hydrogen) atoms. The second kappa shape index (κ2) is 4.16. The molecule has 90 valence electrons. The normalized spacial score (nSPS) is 10.9. The maximum absolute atomic E-state index is 9.51. The largest absolute Gasteiger partial charge is 0.508 e. The summed E-state index contributed by atoms with van der Waals surface area (Å²) >= 11 is 2.09. The Bertz CT molecular complexity index is 719. The van der Waals surface area contributed by atoms with Crippen molar-refractivity contribution in [1.82, 2.24) is 4.98 Å². The highest BCUT2D eigenvalue weighted by Gasteiger charge is 2.11. The highest BCUT2D eigenvalue weighted by molar-refractivity contribution is 14.1. The highest BCUT2D eigenvalue weighted by Crippen LogP contribution is 2.30. The van der Waals surface area contributed by atoms with E-state index in [9.17, 15) is 10.2 Å². The predicted octanol–water partition coefficient (Wildman–Crippen LogP) is 3.51. The number of aromatic nitrogens is 1. The van der Waals surface area contributed by atoms with Crippen LogP contribution in [0.1, 0.15) is 0 Å². The number of hydrogen-bond acceptors (Lipinski definition) is 4. The average molecular weight is 353 g/mol. The molecule has 0 saturated carbocycles. The number of hydrogen-bond donors (Lipinski definition) is 2. The molecule has 0 fully saturated rings. The van der Waals surface area contributed by atoms with E-state index in [-0.39, 0.29) is 11.5 Å².